The smallest absolute Gasteiger partial charge is 0.259 e. The van der Waals surface area contributed by atoms with Crippen LogP contribution in [0.2, 0.25) is 0 Å². The van der Waals surface area contributed by atoms with Crippen LogP contribution in [0.15, 0.2) is 53.6 Å². The number of nitrogens with one attached hydrogen (secondary N) is 2. The Morgan fingerprint density at radius 1 is 1.04 bits per heavy atom. The second-order valence-corrected chi connectivity index (χ2v) is 5.21. The lowest BCUT2D eigenvalue weighted by Gasteiger charge is -2.05. The second-order valence-electron chi connectivity index (χ2n) is 5.21. The summed E-state index contributed by atoms with van der Waals surface area (Å²) in [6, 6.07) is 13.9. The van der Waals surface area contributed by atoms with Crippen LogP contribution < -0.4 is 20.2 Å². The molecule has 26 heavy (non-hydrogen) atoms. The summed E-state index contributed by atoms with van der Waals surface area (Å²) in [5.74, 6) is 0.658. The molecule has 2 rings (SSSR count). The minimum Gasteiger partial charge on any atom is -0.497 e. The maximum absolute atomic E-state index is 11.9. The minimum atomic E-state index is -0.422. The molecule has 0 aliphatic rings. The molecule has 0 bridgehead atoms. The van der Waals surface area contributed by atoms with Gasteiger partial charge in [-0.25, -0.2) is 5.43 Å². The van der Waals surface area contributed by atoms with Gasteiger partial charge in [-0.3, -0.25) is 9.59 Å². The Morgan fingerprint density at radius 3 is 2.31 bits per heavy atom. The Labute approximate surface area is 152 Å². The van der Waals surface area contributed by atoms with Crippen LogP contribution in [0.25, 0.3) is 0 Å². The van der Waals surface area contributed by atoms with E-state index in [-0.39, 0.29) is 12.5 Å². The number of amides is 2. The van der Waals surface area contributed by atoms with Gasteiger partial charge < -0.3 is 14.8 Å². The fourth-order valence-corrected chi connectivity index (χ4v) is 2.04. The molecule has 0 aromatic heterocycles. The van der Waals surface area contributed by atoms with E-state index in [1.165, 1.54) is 6.21 Å². The fourth-order valence-electron chi connectivity index (χ4n) is 2.04. The van der Waals surface area contributed by atoms with E-state index in [4.69, 9.17) is 9.47 Å². The molecule has 7 heteroatoms. The Kier molecular flexibility index (Phi) is 7.17. The quantitative estimate of drug-likeness (QED) is 0.560. The molecule has 0 heterocycles. The monoisotopic (exact) mass is 355 g/mol. The number of carbonyl (C=O) groups is 2. The Morgan fingerprint density at radius 2 is 1.69 bits per heavy atom. The Balaban J connectivity index is 1.76. The first-order chi connectivity index (χ1) is 12.6. The second kappa shape index (κ2) is 9.83. The standard InChI is InChI=1S/C19H21N3O4/c1-3-26-17-8-4-14(5-9-17)12-21-22-18(23)13-20-19(24)15-6-10-16(25-2)11-7-15/h4-12H,3,13H2,1-2H3,(H,20,24)(H,22,23)/b21-12-. The summed E-state index contributed by atoms with van der Waals surface area (Å²) in [4.78, 5) is 23.7. The summed E-state index contributed by atoms with van der Waals surface area (Å²) in [5.41, 5.74) is 3.62. The maximum atomic E-state index is 11.9. The van der Waals surface area contributed by atoms with Crippen molar-refractivity contribution >= 4 is 18.0 Å². The third-order valence-electron chi connectivity index (χ3n) is 3.36. The van der Waals surface area contributed by atoms with Gasteiger partial charge in [0.2, 0.25) is 0 Å². The number of hydrogen-bond acceptors (Lipinski definition) is 5. The van der Waals surface area contributed by atoms with Crippen molar-refractivity contribution in [2.45, 2.75) is 6.92 Å². The molecule has 0 atom stereocenters. The van der Waals surface area contributed by atoms with Gasteiger partial charge in [0.1, 0.15) is 11.5 Å². The van der Waals surface area contributed by atoms with Crippen LogP contribution in [0.4, 0.5) is 0 Å². The summed E-state index contributed by atoms with van der Waals surface area (Å²) in [7, 11) is 1.55. The van der Waals surface area contributed by atoms with Gasteiger partial charge in [-0.15, -0.1) is 0 Å². The number of carbonyl (C=O) groups excluding carboxylic acids is 2. The Bertz CT molecular complexity index is 755. The largest absolute Gasteiger partial charge is 0.497 e. The summed E-state index contributed by atoms with van der Waals surface area (Å²) in [6.07, 6.45) is 1.51. The molecular weight excluding hydrogens is 334 g/mol. The van der Waals surface area contributed by atoms with Gasteiger partial charge in [-0.2, -0.15) is 5.10 Å². The normalized spacial score (nSPS) is 10.4. The van der Waals surface area contributed by atoms with Crippen molar-refractivity contribution in [3.8, 4) is 11.5 Å². The number of benzene rings is 2. The average molecular weight is 355 g/mol. The number of hydrazone groups is 1. The van der Waals surface area contributed by atoms with E-state index in [9.17, 15) is 9.59 Å². The lowest BCUT2D eigenvalue weighted by atomic mass is 10.2. The van der Waals surface area contributed by atoms with Gasteiger partial charge in [0, 0.05) is 5.56 Å². The van der Waals surface area contributed by atoms with E-state index >= 15 is 0 Å². The SMILES string of the molecule is CCOc1ccc(/C=N\NC(=O)CNC(=O)c2ccc(OC)cc2)cc1. The summed E-state index contributed by atoms with van der Waals surface area (Å²) in [5, 5.41) is 6.38. The highest BCUT2D eigenvalue weighted by atomic mass is 16.5. The van der Waals surface area contributed by atoms with Gasteiger partial charge in [-0.05, 0) is 61.0 Å². The van der Waals surface area contributed by atoms with Crippen LogP contribution in [-0.4, -0.2) is 38.3 Å². The predicted molar refractivity (Wildman–Crippen MR) is 98.7 cm³/mol. The molecular formula is C19H21N3O4. The van der Waals surface area contributed by atoms with E-state index in [0.717, 1.165) is 11.3 Å². The van der Waals surface area contributed by atoms with Gasteiger partial charge >= 0.3 is 0 Å². The summed E-state index contributed by atoms with van der Waals surface area (Å²) >= 11 is 0. The van der Waals surface area contributed by atoms with Crippen LogP contribution >= 0.6 is 0 Å². The molecule has 7 nitrogen and oxygen atoms in total. The lowest BCUT2D eigenvalue weighted by Crippen LogP contribution is -2.34. The number of nitrogens with zero attached hydrogens (tertiary/aromatic N) is 1. The molecule has 0 spiro atoms. The summed E-state index contributed by atoms with van der Waals surface area (Å²) in [6.45, 7) is 2.34. The van der Waals surface area contributed by atoms with Crippen molar-refractivity contribution < 1.29 is 19.1 Å². The number of ether oxygens (including phenoxy) is 2. The molecule has 0 radical (unpaired) electrons. The third-order valence-corrected chi connectivity index (χ3v) is 3.36. The molecule has 2 N–H and O–H groups in total. The number of hydrogen-bond donors (Lipinski definition) is 2. The van der Waals surface area contributed by atoms with E-state index in [1.54, 1.807) is 31.4 Å². The Hall–Kier alpha value is -3.35. The topological polar surface area (TPSA) is 89.0 Å². The molecule has 2 aromatic rings. The molecule has 0 aliphatic carbocycles. The molecule has 0 saturated carbocycles. The van der Waals surface area contributed by atoms with E-state index in [0.29, 0.717) is 17.9 Å². The maximum Gasteiger partial charge on any atom is 0.259 e. The van der Waals surface area contributed by atoms with Crippen molar-refractivity contribution in [2.24, 2.45) is 5.10 Å². The third kappa shape index (κ3) is 5.94. The highest BCUT2D eigenvalue weighted by Crippen LogP contribution is 2.11. The molecule has 0 fully saturated rings. The van der Waals surface area contributed by atoms with Crippen LogP contribution in [0.1, 0.15) is 22.8 Å². The first kappa shape index (κ1) is 19.0. The van der Waals surface area contributed by atoms with Crippen LogP contribution in [-0.2, 0) is 4.79 Å². The fraction of sp³-hybridized carbons (Fsp3) is 0.211. The first-order valence-electron chi connectivity index (χ1n) is 8.09. The van der Waals surface area contributed by atoms with Gasteiger partial charge in [-0.1, -0.05) is 0 Å². The highest BCUT2D eigenvalue weighted by molar-refractivity contribution is 5.96. The van der Waals surface area contributed by atoms with Gasteiger partial charge in [0.05, 0.1) is 26.5 Å². The highest BCUT2D eigenvalue weighted by Gasteiger charge is 2.07. The number of rotatable bonds is 8. The zero-order valence-corrected chi connectivity index (χ0v) is 14.7. The van der Waals surface area contributed by atoms with Crippen LogP contribution in [0.3, 0.4) is 0 Å². The minimum absolute atomic E-state index is 0.175. The molecule has 2 aromatic carbocycles. The van der Waals surface area contributed by atoms with E-state index in [1.807, 2.05) is 31.2 Å². The van der Waals surface area contributed by atoms with E-state index < -0.39 is 5.91 Å². The van der Waals surface area contributed by atoms with Crippen molar-refractivity contribution in [1.29, 1.82) is 0 Å². The average Bonchev–Trinajstić information content (AvgIpc) is 2.68. The van der Waals surface area contributed by atoms with Crippen LogP contribution in [0, 0.1) is 0 Å². The molecule has 0 aliphatic heterocycles. The van der Waals surface area contributed by atoms with Crippen molar-refractivity contribution in [1.82, 2.24) is 10.7 Å². The van der Waals surface area contributed by atoms with E-state index in [2.05, 4.69) is 15.8 Å². The van der Waals surface area contributed by atoms with Crippen molar-refractivity contribution in [3.05, 3.63) is 59.7 Å². The number of methoxy groups -OCH3 is 1. The molecule has 0 saturated heterocycles. The van der Waals surface area contributed by atoms with Crippen molar-refractivity contribution in [2.75, 3.05) is 20.3 Å². The van der Waals surface area contributed by atoms with Crippen molar-refractivity contribution in [3.63, 3.8) is 0 Å². The van der Waals surface area contributed by atoms with Crippen LogP contribution in [0.5, 0.6) is 11.5 Å². The molecule has 2 amide bonds. The zero-order chi connectivity index (χ0) is 18.8. The molecule has 0 unspecified atom stereocenters. The predicted octanol–water partition coefficient (Wildman–Crippen LogP) is 1.97. The first-order valence-corrected chi connectivity index (χ1v) is 8.09. The zero-order valence-electron chi connectivity index (χ0n) is 14.7. The van der Waals surface area contributed by atoms with Gasteiger partial charge in [0.25, 0.3) is 11.8 Å². The lowest BCUT2D eigenvalue weighted by molar-refractivity contribution is -0.120. The van der Waals surface area contributed by atoms with Gasteiger partial charge in [0.15, 0.2) is 0 Å². The molecule has 136 valence electrons. The summed E-state index contributed by atoms with van der Waals surface area (Å²) < 4.78 is 10.4.